The summed E-state index contributed by atoms with van der Waals surface area (Å²) < 4.78 is 13.8. The van der Waals surface area contributed by atoms with Gasteiger partial charge in [0.15, 0.2) is 0 Å². The van der Waals surface area contributed by atoms with Crippen LogP contribution in [0.4, 0.5) is 34.1 Å². The maximum atomic E-state index is 6.92. The molecule has 0 spiro atoms. The molecule has 15 aromatic carbocycles. The molecular weight excluding hydrogens is 1300 g/mol. The molecule has 2 aliphatic rings. The zero-order valence-electron chi connectivity index (χ0n) is 62.0. The molecule has 4 heterocycles. The number of furan rings is 2. The van der Waals surface area contributed by atoms with Crippen LogP contribution in [0.3, 0.4) is 0 Å². The fourth-order valence-corrected chi connectivity index (χ4v) is 17.0. The van der Waals surface area contributed by atoms with Crippen LogP contribution < -0.4 is 26.2 Å². The van der Waals surface area contributed by atoms with Gasteiger partial charge in [0.05, 0.1) is 11.4 Å². The van der Waals surface area contributed by atoms with E-state index in [0.29, 0.717) is 0 Å². The van der Waals surface area contributed by atoms with Gasteiger partial charge in [0.2, 0.25) is 0 Å². The molecule has 19 rings (SSSR count). The van der Waals surface area contributed by atoms with Gasteiger partial charge in [0.25, 0.3) is 6.71 Å². The minimum Gasteiger partial charge on any atom is -0.456 e. The van der Waals surface area contributed by atoms with E-state index < -0.39 is 0 Å². The minimum absolute atomic E-state index is 0.0716. The second-order valence-electron chi connectivity index (χ2n) is 32.3. The molecule has 0 saturated carbocycles. The Kier molecular flexibility index (Phi) is 15.4. The lowest BCUT2D eigenvalue weighted by atomic mass is 9.33. The number of nitrogens with zero attached hydrogens (tertiary/aromatic N) is 2. The summed E-state index contributed by atoms with van der Waals surface area (Å²) in [5.74, 6) is 0. The first kappa shape index (κ1) is 65.3. The minimum atomic E-state index is -0.300. The molecule has 0 aliphatic carbocycles. The number of benzene rings is 15. The summed E-state index contributed by atoms with van der Waals surface area (Å²) in [4.78, 5) is 5.36. The highest BCUT2D eigenvalue weighted by Crippen LogP contribution is 2.57. The average molecular weight is 1380 g/mol. The molecule has 0 amide bonds. The summed E-state index contributed by atoms with van der Waals surface area (Å²) in [5, 5.41) is 4.29. The monoisotopic (exact) mass is 1380 g/mol. The van der Waals surface area contributed by atoms with Crippen LogP contribution in [0.25, 0.3) is 133 Å². The highest BCUT2D eigenvalue weighted by atomic mass is 16.3. The quantitative estimate of drug-likeness (QED) is 0.128. The lowest BCUT2D eigenvalue weighted by molar-refractivity contribution is 0.590. The highest BCUT2D eigenvalue weighted by molar-refractivity contribution is 7.00. The van der Waals surface area contributed by atoms with Gasteiger partial charge in [-0.05, 0) is 207 Å². The third kappa shape index (κ3) is 11.1. The van der Waals surface area contributed by atoms with Crippen molar-refractivity contribution in [3.63, 3.8) is 0 Å². The average Bonchev–Trinajstić information content (AvgIpc) is 1.19. The van der Waals surface area contributed by atoms with Crippen LogP contribution in [0, 0.1) is 0 Å². The van der Waals surface area contributed by atoms with Gasteiger partial charge in [0.1, 0.15) is 22.3 Å². The Morgan fingerprint density at radius 3 is 1.12 bits per heavy atom. The van der Waals surface area contributed by atoms with Crippen molar-refractivity contribution < 1.29 is 8.83 Å². The van der Waals surface area contributed by atoms with Gasteiger partial charge in [-0.2, -0.15) is 0 Å². The summed E-state index contributed by atoms with van der Waals surface area (Å²) in [7, 11) is 0. The second kappa shape index (κ2) is 25.1. The van der Waals surface area contributed by atoms with E-state index in [1.54, 1.807) is 0 Å². The first-order valence-corrected chi connectivity index (χ1v) is 37.6. The number of hydrogen-bond donors (Lipinski definition) is 0. The van der Waals surface area contributed by atoms with Crippen molar-refractivity contribution in [1.29, 1.82) is 0 Å². The Morgan fingerprint density at radius 1 is 0.234 bits per heavy atom. The van der Waals surface area contributed by atoms with Crippen molar-refractivity contribution in [3.05, 3.63) is 344 Å². The zero-order valence-corrected chi connectivity index (χ0v) is 62.0. The molecule has 0 atom stereocenters. The van der Waals surface area contributed by atoms with Gasteiger partial charge in [-0.15, -0.1) is 0 Å². The van der Waals surface area contributed by atoms with E-state index in [1.807, 2.05) is 0 Å². The van der Waals surface area contributed by atoms with E-state index >= 15 is 0 Å². The van der Waals surface area contributed by atoms with E-state index in [1.165, 1.54) is 49.8 Å². The fraction of sp³-hybridized carbons (Fsp3) is 0.118. The molecule has 0 radical (unpaired) electrons. The maximum absolute atomic E-state index is 6.92. The molecule has 0 saturated heterocycles. The predicted octanol–water partition coefficient (Wildman–Crippen LogP) is 26.8. The number of anilines is 6. The highest BCUT2D eigenvalue weighted by Gasteiger charge is 2.46. The largest absolute Gasteiger partial charge is 0.456 e. The Hall–Kier alpha value is -12.4. The van der Waals surface area contributed by atoms with Gasteiger partial charge in [-0.1, -0.05) is 299 Å². The van der Waals surface area contributed by atoms with Crippen molar-refractivity contribution >= 4 is 101 Å². The van der Waals surface area contributed by atoms with Crippen LogP contribution in [0.5, 0.6) is 0 Å². The Morgan fingerprint density at radius 2 is 0.617 bits per heavy atom. The summed E-state index contributed by atoms with van der Waals surface area (Å²) in [6, 6.07) is 123. The molecule has 0 N–H and O–H groups in total. The topological polar surface area (TPSA) is 32.8 Å². The van der Waals surface area contributed by atoms with Crippen LogP contribution >= 0.6 is 0 Å². The SMILES string of the molecule is CC(C)(C)c1cccc(-c2ccc3c(c2)N(c2c(-c4ccccc4)cc(C(C)(C)C)cc2-c2ccccc2)c2cccc4c2B3c2cc(-c3cc(-c5ccccc5)cc(-c5ccccc5)c3)ccc2N4c2c(-c3cccc4oc5ccccc5c34)cc(C(C)(C)C)cc2-c2cccc3oc4ccccc4c23)c1. The molecule has 0 unspecified atom stereocenters. The number of para-hydroxylation sites is 2. The van der Waals surface area contributed by atoms with E-state index in [2.05, 4.69) is 400 Å². The molecule has 514 valence electrons. The standard InChI is InChI=1S/C102H81BN2O2/c1-100(2,3)74-39-26-38-68(57-74)70-50-52-85-90(59-70)105(98-81(66-34-18-12-19-35-66)60-75(101(4,5)6)61-82(98)67-36-20-13-21-37-67)89-45-29-44-88-97(89)103(85)86-58-69(73-55-71(64-30-14-10-15-31-64)54-72(56-73)65-32-16-11-17-33-65)51-53-87(86)104(88)99-83(77-42-27-48-93-95(77)79-40-22-24-46-91(79)106-93)62-76(102(7,8)9)63-84(99)78-43-28-49-94-96(78)80-41-23-25-47-92(80)107-94/h10-63H,1-9H3. The van der Waals surface area contributed by atoms with Crippen LogP contribution in [0.1, 0.15) is 79.0 Å². The van der Waals surface area contributed by atoms with Crippen molar-refractivity contribution in [2.75, 3.05) is 9.80 Å². The maximum Gasteiger partial charge on any atom is 0.252 e. The van der Waals surface area contributed by atoms with Gasteiger partial charge in [0, 0.05) is 66.5 Å². The molecule has 0 fully saturated rings. The van der Waals surface area contributed by atoms with Crippen LogP contribution in [0.2, 0.25) is 0 Å². The molecule has 4 nitrogen and oxygen atoms in total. The number of hydrogen-bond acceptors (Lipinski definition) is 4. The Labute approximate surface area is 627 Å². The fourth-order valence-electron chi connectivity index (χ4n) is 17.0. The van der Waals surface area contributed by atoms with E-state index in [0.717, 1.165) is 150 Å². The molecule has 107 heavy (non-hydrogen) atoms. The zero-order chi connectivity index (χ0) is 72.6. The third-order valence-corrected chi connectivity index (χ3v) is 22.5. The summed E-state index contributed by atoms with van der Waals surface area (Å²) in [6.45, 7) is 20.8. The molecule has 5 heteroatoms. The molecular formula is C102H81BN2O2. The normalized spacial score (nSPS) is 12.9. The van der Waals surface area contributed by atoms with E-state index in [9.17, 15) is 0 Å². The predicted molar refractivity (Wildman–Crippen MR) is 455 cm³/mol. The molecule has 2 aliphatic heterocycles. The summed E-state index contributed by atoms with van der Waals surface area (Å²) >= 11 is 0. The van der Waals surface area contributed by atoms with Crippen molar-refractivity contribution in [2.45, 2.75) is 78.6 Å². The van der Waals surface area contributed by atoms with Crippen molar-refractivity contribution in [3.8, 4) is 89.0 Å². The lowest BCUT2D eigenvalue weighted by Crippen LogP contribution is -2.61. The van der Waals surface area contributed by atoms with Gasteiger partial charge < -0.3 is 18.6 Å². The molecule has 0 bridgehead atoms. The Bertz CT molecular complexity index is 6130. The number of rotatable bonds is 10. The molecule has 17 aromatic rings. The van der Waals surface area contributed by atoms with Crippen LogP contribution in [-0.4, -0.2) is 6.71 Å². The number of fused-ring (bicyclic) bond motifs is 10. The third-order valence-electron chi connectivity index (χ3n) is 22.5. The smallest absolute Gasteiger partial charge is 0.252 e. The molecule has 2 aromatic heterocycles. The van der Waals surface area contributed by atoms with Crippen LogP contribution in [-0.2, 0) is 16.2 Å². The van der Waals surface area contributed by atoms with Crippen LogP contribution in [0.15, 0.2) is 336 Å². The van der Waals surface area contributed by atoms with Crippen molar-refractivity contribution in [1.82, 2.24) is 0 Å². The second-order valence-corrected chi connectivity index (χ2v) is 32.3. The van der Waals surface area contributed by atoms with Gasteiger partial charge in [-0.25, -0.2) is 0 Å². The Balaban J connectivity index is 0.988. The van der Waals surface area contributed by atoms with Gasteiger partial charge >= 0.3 is 0 Å². The lowest BCUT2D eigenvalue weighted by Gasteiger charge is -2.46. The van der Waals surface area contributed by atoms with Gasteiger partial charge in [-0.3, -0.25) is 0 Å². The first-order chi connectivity index (χ1) is 52.0. The van der Waals surface area contributed by atoms with E-state index in [-0.39, 0.29) is 23.0 Å². The van der Waals surface area contributed by atoms with Crippen molar-refractivity contribution in [2.24, 2.45) is 0 Å². The first-order valence-electron chi connectivity index (χ1n) is 37.6. The van der Waals surface area contributed by atoms with E-state index in [4.69, 9.17) is 8.83 Å². The summed E-state index contributed by atoms with van der Waals surface area (Å²) in [5.41, 5.74) is 35.0. The summed E-state index contributed by atoms with van der Waals surface area (Å²) in [6.07, 6.45) is 0.